The third kappa shape index (κ3) is 3.51. The summed E-state index contributed by atoms with van der Waals surface area (Å²) in [5.74, 6) is -0.126. The van der Waals surface area contributed by atoms with Gasteiger partial charge in [0.1, 0.15) is 0 Å². The van der Waals surface area contributed by atoms with Crippen molar-refractivity contribution in [2.75, 3.05) is 0 Å². The largest absolute Gasteiger partial charge is 0.348 e. The third-order valence-corrected chi connectivity index (χ3v) is 5.01. The van der Waals surface area contributed by atoms with E-state index in [1.165, 1.54) is 5.56 Å². The maximum absolute atomic E-state index is 12.8. The lowest BCUT2D eigenvalue weighted by atomic mass is 10.1. The molecule has 0 spiro atoms. The van der Waals surface area contributed by atoms with Crippen molar-refractivity contribution in [3.8, 4) is 0 Å². The van der Waals surface area contributed by atoms with Crippen LogP contribution in [0.15, 0.2) is 66.9 Å². The standard InChI is InChI=1S/C23H22N4O/c1-16-21(17(2)27(26-16)15-18-8-4-3-5-9-18)14-25-23(28)20-12-6-10-19-11-7-13-24-22(19)20/h3-13H,14-15H2,1-2H3,(H,25,28). The fraction of sp³-hybridized carbons (Fsp3) is 0.174. The number of carbonyl (C=O) groups is 1. The molecule has 0 aliphatic rings. The van der Waals surface area contributed by atoms with Crippen LogP contribution in [0.1, 0.15) is 32.9 Å². The molecular weight excluding hydrogens is 348 g/mol. The van der Waals surface area contributed by atoms with Gasteiger partial charge in [-0.25, -0.2) is 0 Å². The molecule has 2 aromatic carbocycles. The highest BCUT2D eigenvalue weighted by Crippen LogP contribution is 2.18. The number of nitrogens with zero attached hydrogens (tertiary/aromatic N) is 3. The Morgan fingerprint density at radius 3 is 2.61 bits per heavy atom. The Bertz CT molecular complexity index is 1130. The van der Waals surface area contributed by atoms with Crippen LogP contribution in [0.25, 0.3) is 10.9 Å². The molecule has 2 aromatic heterocycles. The van der Waals surface area contributed by atoms with Crippen molar-refractivity contribution < 1.29 is 4.79 Å². The summed E-state index contributed by atoms with van der Waals surface area (Å²) in [5, 5.41) is 8.65. The van der Waals surface area contributed by atoms with Crippen LogP contribution in [0, 0.1) is 13.8 Å². The van der Waals surface area contributed by atoms with Crippen molar-refractivity contribution in [3.05, 3.63) is 94.9 Å². The van der Waals surface area contributed by atoms with E-state index in [0.717, 1.165) is 27.9 Å². The lowest BCUT2D eigenvalue weighted by Crippen LogP contribution is -2.23. The van der Waals surface area contributed by atoms with Crippen molar-refractivity contribution in [1.82, 2.24) is 20.1 Å². The molecule has 1 amide bonds. The summed E-state index contributed by atoms with van der Waals surface area (Å²) in [5.41, 5.74) is 5.56. The summed E-state index contributed by atoms with van der Waals surface area (Å²) < 4.78 is 1.99. The van der Waals surface area contributed by atoms with Gasteiger partial charge in [0.05, 0.1) is 23.3 Å². The molecule has 1 N–H and O–H groups in total. The highest BCUT2D eigenvalue weighted by molar-refractivity contribution is 6.05. The van der Waals surface area contributed by atoms with E-state index in [9.17, 15) is 4.79 Å². The SMILES string of the molecule is Cc1nn(Cc2ccccc2)c(C)c1CNC(=O)c1cccc2cccnc12. The summed E-state index contributed by atoms with van der Waals surface area (Å²) in [6.07, 6.45) is 1.71. The van der Waals surface area contributed by atoms with Gasteiger partial charge in [-0.3, -0.25) is 14.5 Å². The monoisotopic (exact) mass is 370 g/mol. The van der Waals surface area contributed by atoms with E-state index >= 15 is 0 Å². The predicted molar refractivity (Wildman–Crippen MR) is 110 cm³/mol. The topological polar surface area (TPSA) is 59.8 Å². The number of carbonyl (C=O) groups excluding carboxylic acids is 1. The number of pyridine rings is 1. The van der Waals surface area contributed by atoms with Gasteiger partial charge in [0.15, 0.2) is 0 Å². The molecule has 0 aliphatic carbocycles. The van der Waals surface area contributed by atoms with E-state index in [1.807, 2.05) is 67.1 Å². The summed E-state index contributed by atoms with van der Waals surface area (Å²) in [6, 6.07) is 19.7. The summed E-state index contributed by atoms with van der Waals surface area (Å²) in [7, 11) is 0. The van der Waals surface area contributed by atoms with Gasteiger partial charge in [-0.1, -0.05) is 48.5 Å². The van der Waals surface area contributed by atoms with Crippen LogP contribution in [0.5, 0.6) is 0 Å². The lowest BCUT2D eigenvalue weighted by Gasteiger charge is -2.09. The third-order valence-electron chi connectivity index (χ3n) is 5.01. The Balaban J connectivity index is 1.52. The molecule has 0 unspecified atom stereocenters. The zero-order chi connectivity index (χ0) is 19.5. The Morgan fingerprint density at radius 1 is 1.00 bits per heavy atom. The van der Waals surface area contributed by atoms with Crippen LogP contribution < -0.4 is 5.32 Å². The molecule has 140 valence electrons. The van der Waals surface area contributed by atoms with Gasteiger partial charge in [-0.15, -0.1) is 0 Å². The highest BCUT2D eigenvalue weighted by Gasteiger charge is 2.15. The molecule has 2 heterocycles. The van der Waals surface area contributed by atoms with E-state index in [4.69, 9.17) is 0 Å². The van der Waals surface area contributed by atoms with E-state index in [-0.39, 0.29) is 5.91 Å². The first-order valence-electron chi connectivity index (χ1n) is 9.32. The number of aromatic nitrogens is 3. The predicted octanol–water partition coefficient (Wildman–Crippen LogP) is 4.03. The van der Waals surface area contributed by atoms with Crippen LogP contribution in [-0.4, -0.2) is 20.7 Å². The number of nitrogens with one attached hydrogen (secondary N) is 1. The number of benzene rings is 2. The molecule has 28 heavy (non-hydrogen) atoms. The number of rotatable bonds is 5. The second kappa shape index (κ2) is 7.64. The molecule has 5 nitrogen and oxygen atoms in total. The molecular formula is C23H22N4O. The van der Waals surface area contributed by atoms with Crippen molar-refractivity contribution >= 4 is 16.8 Å². The van der Waals surface area contributed by atoms with Crippen molar-refractivity contribution in [3.63, 3.8) is 0 Å². The van der Waals surface area contributed by atoms with Gasteiger partial charge < -0.3 is 5.32 Å². The lowest BCUT2D eigenvalue weighted by molar-refractivity contribution is 0.0952. The molecule has 0 aliphatic heterocycles. The van der Waals surface area contributed by atoms with E-state index in [0.29, 0.717) is 18.7 Å². The number of amides is 1. The number of aryl methyl sites for hydroxylation is 1. The zero-order valence-corrected chi connectivity index (χ0v) is 16.0. The van der Waals surface area contributed by atoms with Gasteiger partial charge >= 0.3 is 0 Å². The molecule has 5 heteroatoms. The minimum atomic E-state index is -0.126. The maximum Gasteiger partial charge on any atom is 0.253 e. The zero-order valence-electron chi connectivity index (χ0n) is 16.0. The van der Waals surface area contributed by atoms with Gasteiger partial charge in [0.2, 0.25) is 0 Å². The van der Waals surface area contributed by atoms with Crippen molar-refractivity contribution in [2.24, 2.45) is 0 Å². The number of para-hydroxylation sites is 1. The molecule has 0 bridgehead atoms. The Kier molecular flexibility index (Phi) is 4.89. The second-order valence-electron chi connectivity index (χ2n) is 6.86. The normalized spacial score (nSPS) is 10.9. The Labute approximate surface area is 164 Å². The average molecular weight is 370 g/mol. The second-order valence-corrected chi connectivity index (χ2v) is 6.86. The molecule has 4 rings (SSSR count). The summed E-state index contributed by atoms with van der Waals surface area (Å²) in [4.78, 5) is 17.1. The first kappa shape index (κ1) is 17.9. The Hall–Kier alpha value is -3.47. The van der Waals surface area contributed by atoms with Gasteiger partial charge in [-0.05, 0) is 31.5 Å². The average Bonchev–Trinajstić information content (AvgIpc) is 2.99. The number of hydrogen-bond donors (Lipinski definition) is 1. The van der Waals surface area contributed by atoms with E-state index < -0.39 is 0 Å². The van der Waals surface area contributed by atoms with Gasteiger partial charge in [0.25, 0.3) is 5.91 Å². The minimum absolute atomic E-state index is 0.126. The smallest absolute Gasteiger partial charge is 0.253 e. The van der Waals surface area contributed by atoms with Crippen LogP contribution in [0.3, 0.4) is 0 Å². The van der Waals surface area contributed by atoms with Gasteiger partial charge in [-0.2, -0.15) is 5.10 Å². The fourth-order valence-electron chi connectivity index (χ4n) is 3.45. The summed E-state index contributed by atoms with van der Waals surface area (Å²) in [6.45, 7) is 5.18. The van der Waals surface area contributed by atoms with E-state index in [2.05, 4.69) is 27.5 Å². The van der Waals surface area contributed by atoms with Crippen molar-refractivity contribution in [1.29, 1.82) is 0 Å². The fourth-order valence-corrected chi connectivity index (χ4v) is 3.45. The first-order chi connectivity index (χ1) is 13.6. The Morgan fingerprint density at radius 2 is 1.79 bits per heavy atom. The number of fused-ring (bicyclic) bond motifs is 1. The van der Waals surface area contributed by atoms with Crippen LogP contribution in [0.2, 0.25) is 0 Å². The van der Waals surface area contributed by atoms with Crippen LogP contribution in [-0.2, 0) is 13.1 Å². The van der Waals surface area contributed by atoms with Crippen LogP contribution in [0.4, 0.5) is 0 Å². The first-order valence-corrected chi connectivity index (χ1v) is 9.32. The maximum atomic E-state index is 12.8. The molecule has 0 radical (unpaired) electrons. The highest BCUT2D eigenvalue weighted by atomic mass is 16.1. The minimum Gasteiger partial charge on any atom is -0.348 e. The molecule has 0 atom stereocenters. The van der Waals surface area contributed by atoms with Crippen molar-refractivity contribution in [2.45, 2.75) is 26.9 Å². The quantitative estimate of drug-likeness (QED) is 0.577. The molecule has 4 aromatic rings. The summed E-state index contributed by atoms with van der Waals surface area (Å²) >= 11 is 0. The van der Waals surface area contributed by atoms with Gasteiger partial charge in [0, 0.05) is 29.4 Å². The number of hydrogen-bond acceptors (Lipinski definition) is 3. The van der Waals surface area contributed by atoms with Crippen LogP contribution >= 0.6 is 0 Å². The van der Waals surface area contributed by atoms with E-state index in [1.54, 1.807) is 6.20 Å². The molecule has 0 fully saturated rings. The molecule has 0 saturated carbocycles. The molecule has 0 saturated heterocycles.